The number of carboxylic acid groups (broad SMARTS) is 1. The zero-order chi connectivity index (χ0) is 13.9. The molecule has 5 heteroatoms. The van der Waals surface area contributed by atoms with Crippen molar-refractivity contribution in [3.8, 4) is 11.4 Å². The smallest absolute Gasteiger partial charge is 0.339 e. The van der Waals surface area contributed by atoms with Crippen LogP contribution in [0.1, 0.15) is 16.1 Å². The van der Waals surface area contributed by atoms with E-state index >= 15 is 0 Å². The molecule has 1 aromatic carbocycles. The van der Waals surface area contributed by atoms with Gasteiger partial charge in [-0.25, -0.2) is 9.78 Å². The van der Waals surface area contributed by atoms with Crippen LogP contribution in [0, 0.1) is 0 Å². The molecule has 0 atom stereocenters. The Balaban J connectivity index is 1.95. The van der Waals surface area contributed by atoms with Crippen molar-refractivity contribution >= 4 is 5.97 Å². The van der Waals surface area contributed by atoms with Crippen molar-refractivity contribution in [2.45, 2.75) is 6.54 Å². The number of benzene rings is 1. The van der Waals surface area contributed by atoms with Crippen molar-refractivity contribution in [3.05, 3.63) is 66.4 Å². The highest BCUT2D eigenvalue weighted by molar-refractivity contribution is 5.88. The lowest BCUT2D eigenvalue weighted by atomic mass is 10.2. The van der Waals surface area contributed by atoms with Gasteiger partial charge in [0.05, 0.1) is 12.8 Å². The molecule has 0 saturated carbocycles. The van der Waals surface area contributed by atoms with Crippen LogP contribution >= 0.6 is 0 Å². The number of nitrogens with zero attached hydrogens (tertiary/aromatic N) is 2. The third-order valence-corrected chi connectivity index (χ3v) is 3.04. The number of rotatable bonds is 4. The maximum absolute atomic E-state index is 11.1. The van der Waals surface area contributed by atoms with Crippen molar-refractivity contribution in [2.24, 2.45) is 0 Å². The Bertz CT molecular complexity index is 728. The zero-order valence-electron chi connectivity index (χ0n) is 10.6. The summed E-state index contributed by atoms with van der Waals surface area (Å²) >= 11 is 0. The van der Waals surface area contributed by atoms with Crippen LogP contribution in [0.2, 0.25) is 0 Å². The molecule has 20 heavy (non-hydrogen) atoms. The van der Waals surface area contributed by atoms with Gasteiger partial charge in [-0.05, 0) is 6.07 Å². The lowest BCUT2D eigenvalue weighted by Crippen LogP contribution is -2.05. The zero-order valence-corrected chi connectivity index (χ0v) is 10.6. The quantitative estimate of drug-likeness (QED) is 0.790. The molecule has 2 heterocycles. The second-order valence-electron chi connectivity index (χ2n) is 4.31. The minimum Gasteiger partial charge on any atom is -0.478 e. The van der Waals surface area contributed by atoms with Gasteiger partial charge in [-0.1, -0.05) is 30.3 Å². The van der Waals surface area contributed by atoms with Crippen molar-refractivity contribution in [3.63, 3.8) is 0 Å². The van der Waals surface area contributed by atoms with Crippen molar-refractivity contribution < 1.29 is 14.3 Å². The van der Waals surface area contributed by atoms with Gasteiger partial charge in [0, 0.05) is 18.0 Å². The summed E-state index contributed by atoms with van der Waals surface area (Å²) in [4.78, 5) is 15.4. The largest absolute Gasteiger partial charge is 0.478 e. The minimum atomic E-state index is -0.991. The molecular weight excluding hydrogens is 256 g/mol. The summed E-state index contributed by atoms with van der Waals surface area (Å²) in [6.07, 6.45) is 4.88. The Morgan fingerprint density at radius 1 is 1.25 bits per heavy atom. The molecular formula is C15H12N2O3. The second-order valence-corrected chi connectivity index (χ2v) is 4.31. The second kappa shape index (κ2) is 5.05. The van der Waals surface area contributed by atoms with E-state index in [2.05, 4.69) is 4.98 Å². The fourth-order valence-electron chi connectivity index (χ4n) is 2.09. The monoisotopic (exact) mass is 268 g/mol. The summed E-state index contributed by atoms with van der Waals surface area (Å²) in [6, 6.07) is 11.2. The van der Waals surface area contributed by atoms with Crippen molar-refractivity contribution in [2.75, 3.05) is 0 Å². The SMILES string of the molecule is O=C(O)c1ccoc1Cn1ccnc1-c1ccccc1. The fraction of sp³-hybridized carbons (Fsp3) is 0.0667. The highest BCUT2D eigenvalue weighted by Gasteiger charge is 2.15. The first-order valence-corrected chi connectivity index (χ1v) is 6.12. The first kappa shape index (κ1) is 12.2. The standard InChI is InChI=1S/C15H12N2O3/c18-15(19)12-6-9-20-13(12)10-17-8-7-16-14(17)11-4-2-1-3-5-11/h1-9H,10H2,(H,18,19). The predicted octanol–water partition coefficient (Wildman–Crippen LogP) is 2.89. The summed E-state index contributed by atoms with van der Waals surface area (Å²) in [5.74, 6) is 0.196. The van der Waals surface area contributed by atoms with Crippen LogP contribution in [0.25, 0.3) is 11.4 Å². The molecule has 1 N–H and O–H groups in total. The first-order valence-electron chi connectivity index (χ1n) is 6.12. The number of aromatic nitrogens is 2. The Hall–Kier alpha value is -2.82. The summed E-state index contributed by atoms with van der Waals surface area (Å²) in [5.41, 5.74) is 1.15. The summed E-state index contributed by atoms with van der Waals surface area (Å²) < 4.78 is 7.12. The van der Waals surface area contributed by atoms with E-state index in [4.69, 9.17) is 9.52 Å². The molecule has 0 unspecified atom stereocenters. The average Bonchev–Trinajstić information content (AvgIpc) is 3.09. The number of furan rings is 1. The molecule has 2 aromatic heterocycles. The maximum Gasteiger partial charge on any atom is 0.339 e. The molecule has 0 fully saturated rings. The molecule has 3 aromatic rings. The molecule has 5 nitrogen and oxygen atoms in total. The Labute approximate surface area is 115 Å². The van der Waals surface area contributed by atoms with Gasteiger partial charge in [0.25, 0.3) is 0 Å². The average molecular weight is 268 g/mol. The maximum atomic E-state index is 11.1. The highest BCUT2D eigenvalue weighted by Crippen LogP contribution is 2.20. The minimum absolute atomic E-state index is 0.178. The van der Waals surface area contributed by atoms with Crippen LogP contribution in [0.4, 0.5) is 0 Å². The van der Waals surface area contributed by atoms with Crippen LogP contribution < -0.4 is 0 Å². The first-order chi connectivity index (χ1) is 9.75. The van der Waals surface area contributed by atoms with Gasteiger partial charge in [0.1, 0.15) is 17.1 Å². The van der Waals surface area contributed by atoms with Gasteiger partial charge < -0.3 is 14.1 Å². The molecule has 0 bridgehead atoms. The van der Waals surface area contributed by atoms with E-state index in [1.165, 1.54) is 12.3 Å². The molecule has 100 valence electrons. The van der Waals surface area contributed by atoms with Crippen molar-refractivity contribution in [1.29, 1.82) is 0 Å². The molecule has 0 radical (unpaired) electrons. The molecule has 0 spiro atoms. The molecule has 0 saturated heterocycles. The fourth-order valence-corrected chi connectivity index (χ4v) is 2.09. The summed E-state index contributed by atoms with van der Waals surface area (Å²) in [7, 11) is 0. The lowest BCUT2D eigenvalue weighted by Gasteiger charge is -2.06. The predicted molar refractivity (Wildman–Crippen MR) is 72.4 cm³/mol. The van der Waals surface area contributed by atoms with Crippen LogP contribution in [-0.2, 0) is 6.54 Å². The third kappa shape index (κ3) is 2.21. The van der Waals surface area contributed by atoms with Crippen LogP contribution in [-0.4, -0.2) is 20.6 Å². The van der Waals surface area contributed by atoms with Gasteiger partial charge in [-0.15, -0.1) is 0 Å². The number of aromatic carboxylic acids is 1. The van der Waals surface area contributed by atoms with Gasteiger partial charge in [0.2, 0.25) is 0 Å². The Kier molecular flexibility index (Phi) is 3.09. The van der Waals surface area contributed by atoms with Crippen LogP contribution in [0.5, 0.6) is 0 Å². The van der Waals surface area contributed by atoms with Crippen LogP contribution in [0.15, 0.2) is 59.5 Å². The van der Waals surface area contributed by atoms with E-state index in [9.17, 15) is 4.79 Å². The number of carboxylic acids is 1. The Morgan fingerprint density at radius 3 is 2.80 bits per heavy atom. The van der Waals surface area contributed by atoms with Gasteiger partial charge in [-0.3, -0.25) is 0 Å². The third-order valence-electron chi connectivity index (χ3n) is 3.04. The van der Waals surface area contributed by atoms with E-state index in [1.54, 1.807) is 12.4 Å². The van der Waals surface area contributed by atoms with E-state index in [1.807, 2.05) is 34.9 Å². The Morgan fingerprint density at radius 2 is 2.05 bits per heavy atom. The van der Waals surface area contributed by atoms with E-state index in [0.29, 0.717) is 12.3 Å². The van der Waals surface area contributed by atoms with E-state index < -0.39 is 5.97 Å². The number of imidazole rings is 1. The molecule has 0 aliphatic rings. The number of hydrogen-bond donors (Lipinski definition) is 1. The van der Waals surface area contributed by atoms with Gasteiger partial charge >= 0.3 is 5.97 Å². The van der Waals surface area contributed by atoms with Crippen molar-refractivity contribution in [1.82, 2.24) is 9.55 Å². The van der Waals surface area contributed by atoms with Crippen LogP contribution in [0.3, 0.4) is 0 Å². The van der Waals surface area contributed by atoms with E-state index in [-0.39, 0.29) is 5.56 Å². The number of hydrogen-bond acceptors (Lipinski definition) is 3. The highest BCUT2D eigenvalue weighted by atomic mass is 16.4. The molecule has 3 rings (SSSR count). The van der Waals surface area contributed by atoms with E-state index in [0.717, 1.165) is 11.4 Å². The summed E-state index contributed by atoms with van der Waals surface area (Å²) in [6.45, 7) is 0.332. The van der Waals surface area contributed by atoms with Gasteiger partial charge in [-0.2, -0.15) is 0 Å². The normalized spacial score (nSPS) is 10.6. The topological polar surface area (TPSA) is 68.3 Å². The molecule has 0 aliphatic heterocycles. The lowest BCUT2D eigenvalue weighted by molar-refractivity contribution is 0.0694. The molecule has 0 amide bonds. The summed E-state index contributed by atoms with van der Waals surface area (Å²) in [5, 5.41) is 9.08. The molecule has 0 aliphatic carbocycles. The van der Waals surface area contributed by atoms with Gasteiger partial charge in [0.15, 0.2) is 0 Å². The number of carbonyl (C=O) groups is 1.